The van der Waals surface area contributed by atoms with Gasteiger partial charge in [0.1, 0.15) is 0 Å². The van der Waals surface area contributed by atoms with Gasteiger partial charge in [-0.05, 0) is 24.1 Å². The Morgan fingerprint density at radius 1 is 1.03 bits per heavy atom. The lowest BCUT2D eigenvalue weighted by atomic mass is 10.0. The Labute approximate surface area is 174 Å². The fraction of sp³-hybridized carbons (Fsp3) is 0.182. The van der Waals surface area contributed by atoms with Crippen LogP contribution in [0, 0.1) is 0 Å². The molecule has 29 heavy (non-hydrogen) atoms. The summed E-state index contributed by atoms with van der Waals surface area (Å²) in [5, 5.41) is 7.72. The summed E-state index contributed by atoms with van der Waals surface area (Å²) in [6.45, 7) is 2.09. The third-order valence-electron chi connectivity index (χ3n) is 4.68. The van der Waals surface area contributed by atoms with Crippen LogP contribution < -0.4 is 0 Å². The number of hydrogen-bond donors (Lipinski definition) is 0. The van der Waals surface area contributed by atoms with Crippen molar-refractivity contribution < 1.29 is 8.42 Å². The lowest BCUT2D eigenvalue weighted by Crippen LogP contribution is -1.97. The van der Waals surface area contributed by atoms with Gasteiger partial charge in [-0.3, -0.25) is 0 Å². The van der Waals surface area contributed by atoms with Gasteiger partial charge >= 0.3 is 0 Å². The number of benzene rings is 2. The molecule has 0 unspecified atom stereocenters. The number of nitrogens with zero attached hydrogens (tertiary/aromatic N) is 3. The topological polar surface area (TPSA) is 64.8 Å². The SMILES string of the molecule is CCc1csc(-n2cc(Cc3ccc(S(C)(=O)=O)cc3)c(-c3ccccc3)n2)n1. The van der Waals surface area contributed by atoms with Crippen LogP contribution in [0.1, 0.15) is 23.7 Å². The van der Waals surface area contributed by atoms with Gasteiger partial charge in [0.25, 0.3) is 0 Å². The number of hydrogen-bond acceptors (Lipinski definition) is 5. The minimum absolute atomic E-state index is 0.329. The Morgan fingerprint density at radius 3 is 2.38 bits per heavy atom. The predicted octanol–water partition coefficient (Wildman–Crippen LogP) is 4.55. The van der Waals surface area contributed by atoms with Crippen molar-refractivity contribution in [2.75, 3.05) is 6.26 Å². The van der Waals surface area contributed by atoms with Gasteiger partial charge in [0, 0.05) is 35.4 Å². The van der Waals surface area contributed by atoms with E-state index in [-0.39, 0.29) is 0 Å². The van der Waals surface area contributed by atoms with E-state index in [9.17, 15) is 8.42 Å². The van der Waals surface area contributed by atoms with E-state index in [1.807, 2.05) is 53.3 Å². The highest BCUT2D eigenvalue weighted by Crippen LogP contribution is 2.27. The standard InChI is InChI=1S/C22H21N3O2S2/c1-3-19-15-28-22(23-19)25-14-18(21(24-25)17-7-5-4-6-8-17)13-16-9-11-20(12-10-16)29(2,26)27/h4-12,14-15H,3,13H2,1-2H3. The van der Waals surface area contributed by atoms with Gasteiger partial charge in [-0.25, -0.2) is 18.1 Å². The van der Waals surface area contributed by atoms with Gasteiger partial charge < -0.3 is 0 Å². The highest BCUT2D eigenvalue weighted by molar-refractivity contribution is 7.90. The molecule has 0 N–H and O–H groups in total. The average molecular weight is 424 g/mol. The Hall–Kier alpha value is -2.77. The van der Waals surface area contributed by atoms with Gasteiger partial charge in [-0.15, -0.1) is 11.3 Å². The summed E-state index contributed by atoms with van der Waals surface area (Å²) in [6.07, 6.45) is 4.78. The molecule has 148 valence electrons. The molecule has 0 spiro atoms. The van der Waals surface area contributed by atoms with Crippen LogP contribution in [0.5, 0.6) is 0 Å². The normalized spacial score (nSPS) is 11.7. The molecular formula is C22H21N3O2S2. The van der Waals surface area contributed by atoms with E-state index in [0.717, 1.165) is 39.6 Å². The van der Waals surface area contributed by atoms with Crippen LogP contribution in [-0.4, -0.2) is 29.4 Å². The first-order chi connectivity index (χ1) is 13.9. The van der Waals surface area contributed by atoms with E-state index in [4.69, 9.17) is 5.10 Å². The molecule has 0 saturated carbocycles. The Balaban J connectivity index is 1.73. The Morgan fingerprint density at radius 2 is 1.76 bits per heavy atom. The molecule has 2 heterocycles. The molecule has 0 radical (unpaired) electrons. The van der Waals surface area contributed by atoms with Gasteiger partial charge in [-0.1, -0.05) is 49.4 Å². The minimum atomic E-state index is -3.20. The van der Waals surface area contributed by atoms with Crippen LogP contribution >= 0.6 is 11.3 Å². The third kappa shape index (κ3) is 4.31. The first-order valence-corrected chi connectivity index (χ1v) is 12.1. The second-order valence-corrected chi connectivity index (χ2v) is 9.73. The van der Waals surface area contributed by atoms with Crippen LogP contribution in [0.25, 0.3) is 16.4 Å². The molecule has 4 aromatic rings. The van der Waals surface area contributed by atoms with Gasteiger partial charge in [-0.2, -0.15) is 5.10 Å². The summed E-state index contributed by atoms with van der Waals surface area (Å²) in [6, 6.07) is 17.1. The van der Waals surface area contributed by atoms with Crippen molar-refractivity contribution in [2.45, 2.75) is 24.7 Å². The van der Waals surface area contributed by atoms with E-state index in [2.05, 4.69) is 17.3 Å². The fourth-order valence-corrected chi connectivity index (χ4v) is 4.58. The monoisotopic (exact) mass is 423 g/mol. The lowest BCUT2D eigenvalue weighted by molar-refractivity contribution is 0.602. The van der Waals surface area contributed by atoms with Crippen LogP contribution in [0.3, 0.4) is 0 Å². The number of rotatable bonds is 6. The molecule has 2 aromatic heterocycles. The molecule has 4 rings (SSSR count). The van der Waals surface area contributed by atoms with Crippen LogP contribution in [0.4, 0.5) is 0 Å². The van der Waals surface area contributed by atoms with Crippen molar-refractivity contribution in [3.05, 3.63) is 83.0 Å². The van der Waals surface area contributed by atoms with Crippen molar-refractivity contribution in [3.63, 3.8) is 0 Å². The maximum atomic E-state index is 11.7. The zero-order valence-electron chi connectivity index (χ0n) is 16.2. The molecular weight excluding hydrogens is 402 g/mol. The van der Waals surface area contributed by atoms with Gasteiger partial charge in [0.15, 0.2) is 9.84 Å². The van der Waals surface area contributed by atoms with E-state index in [1.54, 1.807) is 23.5 Å². The van der Waals surface area contributed by atoms with E-state index in [1.165, 1.54) is 6.26 Å². The quantitative estimate of drug-likeness (QED) is 0.456. The van der Waals surface area contributed by atoms with Crippen molar-refractivity contribution in [1.29, 1.82) is 0 Å². The molecule has 0 bridgehead atoms. The number of thiazole rings is 1. The zero-order valence-corrected chi connectivity index (χ0v) is 17.9. The van der Waals surface area contributed by atoms with Crippen molar-refractivity contribution in [1.82, 2.24) is 14.8 Å². The number of aryl methyl sites for hydroxylation is 1. The lowest BCUT2D eigenvalue weighted by Gasteiger charge is -2.04. The first kappa shape index (κ1) is 19.5. The largest absolute Gasteiger partial charge is 0.224 e. The molecule has 0 saturated heterocycles. The van der Waals surface area contributed by atoms with Gasteiger partial charge in [0.05, 0.1) is 16.3 Å². The number of aromatic nitrogens is 3. The molecule has 0 aliphatic carbocycles. The van der Waals surface area contributed by atoms with E-state index >= 15 is 0 Å². The molecule has 0 amide bonds. The average Bonchev–Trinajstić information content (AvgIpc) is 3.35. The molecule has 0 aliphatic heterocycles. The van der Waals surface area contributed by atoms with Crippen LogP contribution in [-0.2, 0) is 22.7 Å². The summed E-state index contributed by atoms with van der Waals surface area (Å²) in [4.78, 5) is 4.97. The molecule has 0 aliphatic rings. The summed E-state index contributed by atoms with van der Waals surface area (Å²) >= 11 is 1.58. The van der Waals surface area contributed by atoms with Crippen molar-refractivity contribution in [3.8, 4) is 16.4 Å². The maximum Gasteiger partial charge on any atom is 0.210 e. The zero-order chi connectivity index (χ0) is 20.4. The minimum Gasteiger partial charge on any atom is -0.224 e. The second kappa shape index (κ2) is 7.93. The summed E-state index contributed by atoms with van der Waals surface area (Å²) in [7, 11) is -3.20. The Bertz CT molecular complexity index is 1220. The third-order valence-corrected chi connectivity index (χ3v) is 6.69. The predicted molar refractivity (Wildman–Crippen MR) is 116 cm³/mol. The van der Waals surface area contributed by atoms with E-state index < -0.39 is 9.84 Å². The van der Waals surface area contributed by atoms with Gasteiger partial charge in [0.2, 0.25) is 5.13 Å². The second-order valence-electron chi connectivity index (χ2n) is 6.88. The summed E-state index contributed by atoms with van der Waals surface area (Å²) < 4.78 is 25.3. The van der Waals surface area contributed by atoms with E-state index in [0.29, 0.717) is 11.3 Å². The van der Waals surface area contributed by atoms with Crippen LogP contribution in [0.15, 0.2) is 71.1 Å². The summed E-state index contributed by atoms with van der Waals surface area (Å²) in [5.41, 5.74) is 5.10. The molecule has 5 nitrogen and oxygen atoms in total. The fourth-order valence-electron chi connectivity index (χ4n) is 3.11. The first-order valence-electron chi connectivity index (χ1n) is 9.32. The number of sulfone groups is 1. The molecule has 2 aromatic carbocycles. The maximum absolute atomic E-state index is 11.7. The molecule has 0 atom stereocenters. The van der Waals surface area contributed by atoms with Crippen molar-refractivity contribution >= 4 is 21.2 Å². The molecule has 0 fully saturated rings. The van der Waals surface area contributed by atoms with Crippen LogP contribution in [0.2, 0.25) is 0 Å². The molecule has 7 heteroatoms. The Kier molecular flexibility index (Phi) is 5.34. The highest BCUT2D eigenvalue weighted by Gasteiger charge is 2.15. The summed E-state index contributed by atoms with van der Waals surface area (Å²) in [5.74, 6) is 0. The highest BCUT2D eigenvalue weighted by atomic mass is 32.2. The van der Waals surface area contributed by atoms with Crippen molar-refractivity contribution in [2.24, 2.45) is 0 Å². The smallest absolute Gasteiger partial charge is 0.210 e.